The molecule has 0 aliphatic carbocycles. The van der Waals surface area contributed by atoms with Crippen LogP contribution in [-0.2, 0) is 38.4 Å². The summed E-state index contributed by atoms with van der Waals surface area (Å²) in [5.41, 5.74) is 0. The summed E-state index contributed by atoms with van der Waals surface area (Å²) in [7, 11) is 0. The molecule has 8 N–H and O–H groups in total. The number of rotatable bonds is 6. The predicted octanol–water partition coefficient (Wildman–Crippen LogP) is -2.89. The largest absolute Gasteiger partial charge is 0.481 e. The monoisotopic (exact) mass is 653 g/mol. The maximum atomic E-state index is 13.5. The molecule has 0 aromatic carbocycles. The number of carboxylic acids is 1. The van der Waals surface area contributed by atoms with E-state index in [1.54, 1.807) is 27.7 Å². The molecule has 0 radical (unpaired) electrons. The standard InChI is InChI=1S/C29H47N7O10/c1-13(2)10-17-26(43)33-18(11-21(39)40)25(42)31-15(5)24(41)34-22(14(3)4)28(45)35-23(16(6)37)29(46)36-9-7-8-19(36)27(44)30-12-20(38)32-17/h13-19,22-23,37H,7-12H2,1-6H3,(H,30,44)(H,31,42)(H,32,38)(H,33,43)(H,34,41)(H,35,45)(H,39,40). The number of aliphatic carboxylic acids is 1. The molecule has 0 aromatic heterocycles. The first-order valence-electron chi connectivity index (χ1n) is 15.4. The lowest BCUT2D eigenvalue weighted by molar-refractivity contribution is -0.144. The average molecular weight is 654 g/mol. The van der Waals surface area contributed by atoms with Crippen LogP contribution in [0.25, 0.3) is 0 Å². The van der Waals surface area contributed by atoms with Gasteiger partial charge in [-0.2, -0.15) is 0 Å². The third kappa shape index (κ3) is 10.7. The Labute approximate surface area is 267 Å². The first-order chi connectivity index (χ1) is 21.4. The summed E-state index contributed by atoms with van der Waals surface area (Å²) in [6.45, 7) is 8.97. The van der Waals surface area contributed by atoms with Crippen molar-refractivity contribution in [3.63, 3.8) is 0 Å². The van der Waals surface area contributed by atoms with Crippen molar-refractivity contribution < 1.29 is 48.6 Å². The van der Waals surface area contributed by atoms with Crippen LogP contribution in [0.1, 0.15) is 67.2 Å². The van der Waals surface area contributed by atoms with Crippen molar-refractivity contribution >= 4 is 47.3 Å². The van der Waals surface area contributed by atoms with Crippen LogP contribution in [0, 0.1) is 11.8 Å². The van der Waals surface area contributed by atoms with Gasteiger partial charge in [-0.25, -0.2) is 0 Å². The van der Waals surface area contributed by atoms with Crippen LogP contribution in [0.2, 0.25) is 0 Å². The van der Waals surface area contributed by atoms with Gasteiger partial charge in [0.05, 0.1) is 19.1 Å². The first-order valence-corrected chi connectivity index (χ1v) is 15.4. The van der Waals surface area contributed by atoms with Gasteiger partial charge in [0.1, 0.15) is 36.3 Å². The van der Waals surface area contributed by atoms with E-state index in [1.807, 2.05) is 0 Å². The number of hydrogen-bond donors (Lipinski definition) is 8. The third-order valence-electron chi connectivity index (χ3n) is 7.68. The highest BCUT2D eigenvalue weighted by molar-refractivity contribution is 5.98. The molecule has 17 nitrogen and oxygen atoms in total. The number of aliphatic hydroxyl groups is 1. The highest BCUT2D eigenvalue weighted by Gasteiger charge is 2.41. The summed E-state index contributed by atoms with van der Waals surface area (Å²) in [4.78, 5) is 105. The summed E-state index contributed by atoms with van der Waals surface area (Å²) >= 11 is 0. The van der Waals surface area contributed by atoms with Gasteiger partial charge in [0.15, 0.2) is 0 Å². The van der Waals surface area contributed by atoms with Crippen molar-refractivity contribution in [2.45, 2.75) is 110 Å². The Hall–Kier alpha value is -4.28. The van der Waals surface area contributed by atoms with E-state index in [0.717, 1.165) is 0 Å². The van der Waals surface area contributed by atoms with Crippen molar-refractivity contribution in [1.82, 2.24) is 36.8 Å². The number of hydrogen-bond acceptors (Lipinski definition) is 9. The van der Waals surface area contributed by atoms with E-state index in [4.69, 9.17) is 0 Å². The predicted molar refractivity (Wildman–Crippen MR) is 161 cm³/mol. The second-order valence-corrected chi connectivity index (χ2v) is 12.5. The van der Waals surface area contributed by atoms with Gasteiger partial charge in [-0.05, 0) is 44.9 Å². The molecule has 2 aliphatic heterocycles. The van der Waals surface area contributed by atoms with Gasteiger partial charge in [0.2, 0.25) is 41.4 Å². The Kier molecular flexibility index (Phi) is 13.9. The summed E-state index contributed by atoms with van der Waals surface area (Å²) in [5.74, 6) is -7.71. The van der Waals surface area contributed by atoms with Gasteiger partial charge >= 0.3 is 5.97 Å². The van der Waals surface area contributed by atoms with Crippen LogP contribution >= 0.6 is 0 Å². The van der Waals surface area contributed by atoms with Crippen LogP contribution in [0.4, 0.5) is 0 Å². The van der Waals surface area contributed by atoms with E-state index in [0.29, 0.717) is 6.42 Å². The number of nitrogens with one attached hydrogen (secondary N) is 6. The van der Waals surface area contributed by atoms with E-state index in [1.165, 1.54) is 18.7 Å². The van der Waals surface area contributed by atoms with Crippen molar-refractivity contribution in [2.24, 2.45) is 11.8 Å². The van der Waals surface area contributed by atoms with Crippen molar-refractivity contribution in [3.8, 4) is 0 Å². The highest BCUT2D eigenvalue weighted by atomic mass is 16.4. The lowest BCUT2D eigenvalue weighted by Crippen LogP contribution is -2.61. The highest BCUT2D eigenvalue weighted by Crippen LogP contribution is 2.20. The third-order valence-corrected chi connectivity index (χ3v) is 7.68. The summed E-state index contributed by atoms with van der Waals surface area (Å²) in [5, 5.41) is 34.4. The number of aliphatic hydroxyl groups excluding tert-OH is 1. The van der Waals surface area contributed by atoms with Gasteiger partial charge in [-0.3, -0.25) is 38.4 Å². The summed E-state index contributed by atoms with van der Waals surface area (Å²) in [6, 6.07) is -7.83. The smallest absolute Gasteiger partial charge is 0.305 e. The van der Waals surface area contributed by atoms with Gasteiger partial charge in [0, 0.05) is 6.54 Å². The summed E-state index contributed by atoms with van der Waals surface area (Å²) < 4.78 is 0. The molecule has 7 atom stereocenters. The van der Waals surface area contributed by atoms with Crippen molar-refractivity contribution in [2.75, 3.05) is 13.1 Å². The maximum absolute atomic E-state index is 13.5. The van der Waals surface area contributed by atoms with Crippen molar-refractivity contribution in [1.29, 1.82) is 0 Å². The van der Waals surface area contributed by atoms with E-state index in [2.05, 4.69) is 31.9 Å². The second-order valence-electron chi connectivity index (χ2n) is 12.5. The molecule has 2 aliphatic rings. The van der Waals surface area contributed by atoms with Crippen LogP contribution < -0.4 is 31.9 Å². The van der Waals surface area contributed by atoms with E-state index < -0.39 is 109 Å². The molecule has 0 saturated carbocycles. The van der Waals surface area contributed by atoms with E-state index in [9.17, 15) is 48.6 Å². The number of carboxylic acid groups (broad SMARTS) is 1. The SMILES string of the molecule is CC(C)CC1NC(=O)CNC(=O)C2CCCN2C(=O)C(C(C)O)NC(=O)C(C(C)C)NC(=O)C(C)NC(=O)C(CC(=O)O)NC1=O. The van der Waals surface area contributed by atoms with Gasteiger partial charge in [0.25, 0.3) is 0 Å². The lowest BCUT2D eigenvalue weighted by atomic mass is 10.0. The Balaban J connectivity index is 2.49. The van der Waals surface area contributed by atoms with Gasteiger partial charge < -0.3 is 47.0 Å². The molecule has 7 unspecified atom stereocenters. The van der Waals surface area contributed by atoms with Crippen LogP contribution in [0.3, 0.4) is 0 Å². The Morgan fingerprint density at radius 2 is 1.41 bits per heavy atom. The lowest BCUT2D eigenvalue weighted by Gasteiger charge is -2.31. The normalized spacial score (nSPS) is 28.6. The molecule has 17 heteroatoms. The summed E-state index contributed by atoms with van der Waals surface area (Å²) in [6.07, 6.45) is -1.42. The number of carbonyl (C=O) groups excluding carboxylic acids is 7. The fourth-order valence-corrected chi connectivity index (χ4v) is 5.20. The molecule has 46 heavy (non-hydrogen) atoms. The molecule has 2 heterocycles. The quantitative estimate of drug-likeness (QED) is 0.145. The molecule has 2 rings (SSSR count). The van der Waals surface area contributed by atoms with Crippen LogP contribution in [0.15, 0.2) is 0 Å². The molecule has 7 amide bonds. The fraction of sp³-hybridized carbons (Fsp3) is 0.724. The molecule has 2 fully saturated rings. The number of amides is 7. The zero-order valence-corrected chi connectivity index (χ0v) is 27.0. The Bertz CT molecular complexity index is 1190. The molecule has 2 saturated heterocycles. The van der Waals surface area contributed by atoms with E-state index in [-0.39, 0.29) is 25.3 Å². The van der Waals surface area contributed by atoms with Crippen LogP contribution in [-0.4, -0.2) is 118 Å². The molecular weight excluding hydrogens is 606 g/mol. The molecular formula is C29H47N7O10. The number of carbonyl (C=O) groups is 8. The minimum Gasteiger partial charge on any atom is -0.481 e. The molecule has 0 bridgehead atoms. The van der Waals surface area contributed by atoms with Crippen LogP contribution in [0.5, 0.6) is 0 Å². The maximum Gasteiger partial charge on any atom is 0.305 e. The Morgan fingerprint density at radius 3 is 1.98 bits per heavy atom. The Morgan fingerprint density at radius 1 is 0.804 bits per heavy atom. The number of fused-ring (bicyclic) bond motifs is 1. The number of nitrogens with zero attached hydrogens (tertiary/aromatic N) is 1. The molecule has 0 aromatic rings. The van der Waals surface area contributed by atoms with E-state index >= 15 is 0 Å². The molecule has 0 spiro atoms. The minimum atomic E-state index is -1.63. The van der Waals surface area contributed by atoms with Gasteiger partial charge in [-0.1, -0.05) is 27.7 Å². The topological polar surface area (TPSA) is 252 Å². The zero-order chi connectivity index (χ0) is 34.9. The fourth-order valence-electron chi connectivity index (χ4n) is 5.20. The second kappa shape index (κ2) is 16.9. The zero-order valence-electron chi connectivity index (χ0n) is 27.0. The van der Waals surface area contributed by atoms with Gasteiger partial charge in [-0.15, -0.1) is 0 Å². The average Bonchev–Trinajstić information content (AvgIpc) is 3.45. The van der Waals surface area contributed by atoms with Crippen molar-refractivity contribution in [3.05, 3.63) is 0 Å². The first kappa shape index (κ1) is 37.9. The minimum absolute atomic E-state index is 0.106. The molecule has 258 valence electrons.